The summed E-state index contributed by atoms with van der Waals surface area (Å²) >= 11 is 1.20. The third-order valence-corrected chi connectivity index (χ3v) is 5.30. The van der Waals surface area contributed by atoms with Gasteiger partial charge in [0.05, 0.1) is 11.8 Å². The Balaban J connectivity index is 2.06. The minimum Gasteiger partial charge on any atom is -0.480 e. The van der Waals surface area contributed by atoms with Crippen molar-refractivity contribution in [3.63, 3.8) is 0 Å². The molecule has 0 bridgehead atoms. The van der Waals surface area contributed by atoms with Gasteiger partial charge in [0.25, 0.3) is 0 Å². The molecular weight excluding hydrogens is 332 g/mol. The van der Waals surface area contributed by atoms with Gasteiger partial charge >= 0.3 is 11.9 Å². The van der Waals surface area contributed by atoms with Gasteiger partial charge in [0.1, 0.15) is 6.04 Å². The van der Waals surface area contributed by atoms with E-state index in [2.05, 4.69) is 10.6 Å². The lowest BCUT2D eigenvalue weighted by Crippen LogP contribution is -2.54. The standard InChI is InChI=1S/C16H20N2O5S/c1-16(2)12(15(22)23)18-13(24-16)11(14(20)21)17-10(19)8-9-6-4-3-5-7-9/h3-7,11-13,18H,8H2,1-2H3,(H,17,19)(H,20,21)(H,22,23)/t11-,12+,13+/m0/s1. The van der Waals surface area contributed by atoms with Gasteiger partial charge in [-0.15, -0.1) is 11.8 Å². The number of rotatable bonds is 6. The summed E-state index contributed by atoms with van der Waals surface area (Å²) in [5.41, 5.74) is 0.773. The fraction of sp³-hybridized carbons (Fsp3) is 0.438. The predicted molar refractivity (Wildman–Crippen MR) is 89.7 cm³/mol. The fourth-order valence-electron chi connectivity index (χ4n) is 2.60. The Hall–Kier alpha value is -2.06. The Kier molecular flexibility index (Phi) is 5.51. The number of carbonyl (C=O) groups is 3. The highest BCUT2D eigenvalue weighted by Gasteiger charge is 2.49. The van der Waals surface area contributed by atoms with Crippen molar-refractivity contribution >= 4 is 29.6 Å². The molecule has 1 saturated heterocycles. The van der Waals surface area contributed by atoms with Crippen molar-refractivity contribution in [3.8, 4) is 0 Å². The lowest BCUT2D eigenvalue weighted by molar-refractivity contribution is -0.143. The number of amides is 1. The number of thioether (sulfide) groups is 1. The van der Waals surface area contributed by atoms with Crippen LogP contribution in [0.4, 0.5) is 0 Å². The molecule has 24 heavy (non-hydrogen) atoms. The summed E-state index contributed by atoms with van der Waals surface area (Å²) in [6.07, 6.45) is 0.0633. The summed E-state index contributed by atoms with van der Waals surface area (Å²) in [6, 6.07) is 6.88. The zero-order valence-electron chi connectivity index (χ0n) is 13.4. The fourth-order valence-corrected chi connectivity index (χ4v) is 4.08. The maximum Gasteiger partial charge on any atom is 0.328 e. The summed E-state index contributed by atoms with van der Waals surface area (Å²) in [5, 5.41) is 23.2. The topological polar surface area (TPSA) is 116 Å². The Bertz CT molecular complexity index is 635. The smallest absolute Gasteiger partial charge is 0.328 e. The minimum absolute atomic E-state index is 0.0633. The average Bonchev–Trinajstić information content (AvgIpc) is 2.81. The van der Waals surface area contributed by atoms with Crippen molar-refractivity contribution in [3.05, 3.63) is 35.9 Å². The van der Waals surface area contributed by atoms with Crippen LogP contribution in [0.5, 0.6) is 0 Å². The van der Waals surface area contributed by atoms with E-state index in [0.29, 0.717) is 0 Å². The highest BCUT2D eigenvalue weighted by molar-refractivity contribution is 8.01. The number of benzene rings is 1. The molecule has 7 nitrogen and oxygen atoms in total. The van der Waals surface area contributed by atoms with Crippen LogP contribution in [0, 0.1) is 0 Å². The normalized spacial score (nSPS) is 23.4. The Morgan fingerprint density at radius 3 is 2.38 bits per heavy atom. The van der Waals surface area contributed by atoms with Crippen molar-refractivity contribution in [2.24, 2.45) is 0 Å². The van der Waals surface area contributed by atoms with Crippen molar-refractivity contribution in [2.45, 2.75) is 42.5 Å². The van der Waals surface area contributed by atoms with E-state index in [9.17, 15) is 24.6 Å². The molecule has 1 heterocycles. The summed E-state index contributed by atoms with van der Waals surface area (Å²) < 4.78 is -0.686. The van der Waals surface area contributed by atoms with Crippen LogP contribution in [0.3, 0.4) is 0 Å². The maximum atomic E-state index is 12.1. The van der Waals surface area contributed by atoms with Gasteiger partial charge in [-0.25, -0.2) is 4.79 Å². The quantitative estimate of drug-likeness (QED) is 0.595. The lowest BCUT2D eigenvalue weighted by Gasteiger charge is -2.22. The minimum atomic E-state index is -1.21. The Labute approximate surface area is 143 Å². The van der Waals surface area contributed by atoms with Gasteiger partial charge in [0.2, 0.25) is 5.91 Å². The van der Waals surface area contributed by atoms with E-state index < -0.39 is 40.1 Å². The van der Waals surface area contributed by atoms with Gasteiger partial charge < -0.3 is 15.5 Å². The number of carbonyl (C=O) groups excluding carboxylic acids is 1. The number of nitrogens with one attached hydrogen (secondary N) is 2. The van der Waals surface area contributed by atoms with Crippen LogP contribution < -0.4 is 10.6 Å². The molecule has 0 aromatic heterocycles. The number of hydrogen-bond acceptors (Lipinski definition) is 5. The first-order valence-electron chi connectivity index (χ1n) is 7.43. The monoisotopic (exact) mass is 352 g/mol. The second-order valence-corrected chi connectivity index (χ2v) is 7.92. The van der Waals surface area contributed by atoms with Crippen LogP contribution in [0.1, 0.15) is 19.4 Å². The zero-order chi connectivity index (χ0) is 17.9. The number of carboxylic acids is 2. The van der Waals surface area contributed by atoms with Gasteiger partial charge in [-0.2, -0.15) is 0 Å². The van der Waals surface area contributed by atoms with E-state index in [-0.39, 0.29) is 6.42 Å². The highest BCUT2D eigenvalue weighted by Crippen LogP contribution is 2.39. The molecule has 1 aliphatic rings. The third-order valence-electron chi connectivity index (χ3n) is 3.80. The molecule has 0 unspecified atom stereocenters. The summed E-state index contributed by atoms with van der Waals surface area (Å²) in [4.78, 5) is 35.0. The first-order chi connectivity index (χ1) is 11.2. The predicted octanol–water partition coefficient (Wildman–Crippen LogP) is 0.693. The highest BCUT2D eigenvalue weighted by atomic mass is 32.2. The van der Waals surface area contributed by atoms with E-state index in [0.717, 1.165) is 5.56 Å². The summed E-state index contributed by atoms with van der Waals surface area (Å²) in [6.45, 7) is 3.46. The van der Waals surface area contributed by atoms with E-state index in [1.54, 1.807) is 38.1 Å². The molecule has 3 atom stereocenters. The molecule has 0 saturated carbocycles. The molecule has 1 aromatic rings. The van der Waals surface area contributed by atoms with Crippen LogP contribution in [0.2, 0.25) is 0 Å². The van der Waals surface area contributed by atoms with Crippen molar-refractivity contribution < 1.29 is 24.6 Å². The molecule has 1 aromatic carbocycles. The zero-order valence-corrected chi connectivity index (χ0v) is 14.2. The summed E-state index contributed by atoms with van der Waals surface area (Å²) in [7, 11) is 0. The van der Waals surface area contributed by atoms with Gasteiger partial charge in [-0.05, 0) is 19.4 Å². The van der Waals surface area contributed by atoms with Crippen molar-refractivity contribution in [1.82, 2.24) is 10.6 Å². The average molecular weight is 352 g/mol. The third kappa shape index (κ3) is 4.27. The number of hydrogen-bond donors (Lipinski definition) is 4. The molecule has 0 spiro atoms. The van der Waals surface area contributed by atoms with Crippen LogP contribution in [-0.4, -0.2) is 50.3 Å². The molecule has 0 radical (unpaired) electrons. The number of aliphatic carboxylic acids is 2. The van der Waals surface area contributed by atoms with Crippen LogP contribution in [-0.2, 0) is 20.8 Å². The van der Waals surface area contributed by atoms with Crippen molar-refractivity contribution in [1.29, 1.82) is 0 Å². The molecule has 8 heteroatoms. The first kappa shape index (κ1) is 18.3. The van der Waals surface area contributed by atoms with E-state index in [1.807, 2.05) is 6.07 Å². The van der Waals surface area contributed by atoms with Gasteiger partial charge in [0, 0.05) is 4.75 Å². The molecule has 130 valence electrons. The molecule has 4 N–H and O–H groups in total. The van der Waals surface area contributed by atoms with Crippen LogP contribution >= 0.6 is 11.8 Å². The van der Waals surface area contributed by atoms with Gasteiger partial charge in [-0.1, -0.05) is 30.3 Å². The SMILES string of the molecule is CC1(C)S[C@H]([C@H](NC(=O)Cc2ccccc2)C(=O)O)N[C@@H]1C(=O)O. The second-order valence-electron chi connectivity index (χ2n) is 6.13. The number of carboxylic acid groups (broad SMARTS) is 2. The lowest BCUT2D eigenvalue weighted by atomic mass is 10.0. The first-order valence-corrected chi connectivity index (χ1v) is 8.31. The van der Waals surface area contributed by atoms with E-state index >= 15 is 0 Å². The second kappa shape index (κ2) is 7.23. The molecule has 2 rings (SSSR count). The Morgan fingerprint density at radius 1 is 1.25 bits per heavy atom. The van der Waals surface area contributed by atoms with Gasteiger partial charge in [0.15, 0.2) is 6.04 Å². The summed E-state index contributed by atoms with van der Waals surface area (Å²) in [5.74, 6) is -2.68. The molecule has 1 aliphatic heterocycles. The van der Waals surface area contributed by atoms with E-state index in [4.69, 9.17) is 0 Å². The van der Waals surface area contributed by atoms with Crippen molar-refractivity contribution in [2.75, 3.05) is 0 Å². The Morgan fingerprint density at radius 2 is 1.88 bits per heavy atom. The largest absolute Gasteiger partial charge is 0.480 e. The van der Waals surface area contributed by atoms with Crippen LogP contribution in [0.25, 0.3) is 0 Å². The van der Waals surface area contributed by atoms with Crippen LogP contribution in [0.15, 0.2) is 30.3 Å². The molecular formula is C16H20N2O5S. The maximum absolute atomic E-state index is 12.1. The molecule has 1 amide bonds. The molecule has 1 fully saturated rings. The van der Waals surface area contributed by atoms with E-state index in [1.165, 1.54) is 11.8 Å². The molecule has 0 aliphatic carbocycles. The van der Waals surface area contributed by atoms with Gasteiger partial charge in [-0.3, -0.25) is 14.9 Å².